The summed E-state index contributed by atoms with van der Waals surface area (Å²) in [6.45, 7) is 10.6. The summed E-state index contributed by atoms with van der Waals surface area (Å²) < 4.78 is 5.57. The number of halogens is 1. The van der Waals surface area contributed by atoms with Crippen LogP contribution in [0.5, 0.6) is 0 Å². The molecule has 0 spiro atoms. The monoisotopic (exact) mass is 232 g/mol. The summed E-state index contributed by atoms with van der Waals surface area (Å²) in [6, 6.07) is 0. The van der Waals surface area contributed by atoms with E-state index >= 15 is 0 Å². The Morgan fingerprint density at radius 1 is 1.33 bits per heavy atom. The van der Waals surface area contributed by atoms with E-state index in [1.165, 1.54) is 19.3 Å². The highest BCUT2D eigenvalue weighted by molar-refractivity contribution is 6.20. The fourth-order valence-electron chi connectivity index (χ4n) is 2.66. The highest BCUT2D eigenvalue weighted by Gasteiger charge is 2.38. The van der Waals surface area contributed by atoms with Crippen molar-refractivity contribution in [2.75, 3.05) is 13.2 Å². The predicted octanol–water partition coefficient (Wildman–Crippen LogP) is 4.09. The molecule has 15 heavy (non-hydrogen) atoms. The van der Waals surface area contributed by atoms with Gasteiger partial charge in [0.25, 0.3) is 0 Å². The summed E-state index contributed by atoms with van der Waals surface area (Å²) in [6.07, 6.45) is 3.75. The average Bonchev–Trinajstić information content (AvgIpc) is 2.14. The zero-order valence-corrected chi connectivity index (χ0v) is 11.3. The van der Waals surface area contributed by atoms with Crippen LogP contribution in [0.4, 0.5) is 0 Å². The summed E-state index contributed by atoms with van der Waals surface area (Å²) in [5.74, 6) is 1.41. The molecule has 90 valence electrons. The maximum absolute atomic E-state index is 6.49. The van der Waals surface area contributed by atoms with Gasteiger partial charge in [0.05, 0.1) is 6.61 Å². The van der Waals surface area contributed by atoms with Gasteiger partial charge < -0.3 is 4.74 Å². The lowest BCUT2D eigenvalue weighted by atomic mass is 9.69. The van der Waals surface area contributed by atoms with E-state index in [0.717, 1.165) is 19.1 Å². The lowest BCUT2D eigenvalue weighted by Gasteiger charge is -2.41. The molecule has 0 radical (unpaired) electrons. The minimum atomic E-state index is 0.225. The Bertz CT molecular complexity index is 191. The summed E-state index contributed by atoms with van der Waals surface area (Å²) >= 11 is 6.49. The van der Waals surface area contributed by atoms with Crippen LogP contribution in [0.15, 0.2) is 0 Å². The minimum Gasteiger partial charge on any atom is -0.381 e. The first kappa shape index (κ1) is 13.3. The molecule has 1 fully saturated rings. The molecule has 0 saturated heterocycles. The second kappa shape index (κ2) is 5.54. The fraction of sp³-hybridized carbons (Fsp3) is 1.00. The molecule has 1 aliphatic rings. The van der Waals surface area contributed by atoms with Crippen molar-refractivity contribution < 1.29 is 4.74 Å². The molecule has 1 saturated carbocycles. The van der Waals surface area contributed by atoms with Gasteiger partial charge in [-0.05, 0) is 37.0 Å². The van der Waals surface area contributed by atoms with Crippen LogP contribution < -0.4 is 0 Å². The van der Waals surface area contributed by atoms with E-state index in [-0.39, 0.29) is 5.41 Å². The summed E-state index contributed by atoms with van der Waals surface area (Å²) in [4.78, 5) is 0. The molecule has 0 heterocycles. The van der Waals surface area contributed by atoms with Crippen LogP contribution in [-0.4, -0.2) is 18.6 Å². The van der Waals surface area contributed by atoms with Gasteiger partial charge in [0.1, 0.15) is 0 Å². The molecule has 1 rings (SSSR count). The van der Waals surface area contributed by atoms with Crippen molar-refractivity contribution in [3.05, 3.63) is 0 Å². The van der Waals surface area contributed by atoms with Crippen molar-refractivity contribution in [2.24, 2.45) is 17.3 Å². The van der Waals surface area contributed by atoms with Crippen LogP contribution in [0.25, 0.3) is 0 Å². The van der Waals surface area contributed by atoms with Crippen LogP contribution in [-0.2, 0) is 4.74 Å². The van der Waals surface area contributed by atoms with Crippen LogP contribution >= 0.6 is 11.6 Å². The van der Waals surface area contributed by atoms with Gasteiger partial charge in [0.2, 0.25) is 0 Å². The molecule has 2 heteroatoms. The zero-order valence-electron chi connectivity index (χ0n) is 10.6. The van der Waals surface area contributed by atoms with Crippen molar-refractivity contribution in [2.45, 2.75) is 52.3 Å². The van der Waals surface area contributed by atoms with E-state index < -0.39 is 0 Å². The first-order valence-electron chi connectivity index (χ1n) is 6.19. The molecule has 0 bridgehead atoms. The van der Waals surface area contributed by atoms with Gasteiger partial charge in [-0.15, -0.1) is 11.6 Å². The van der Waals surface area contributed by atoms with Crippen LogP contribution in [0, 0.1) is 17.3 Å². The molecule has 3 unspecified atom stereocenters. The molecule has 1 aliphatic carbocycles. The highest BCUT2D eigenvalue weighted by atomic mass is 35.5. The Labute approximate surface area is 99.5 Å². The van der Waals surface area contributed by atoms with E-state index in [1.807, 2.05) is 0 Å². The first-order chi connectivity index (χ1) is 6.97. The normalized spacial score (nSPS) is 33.0. The second-order valence-electron chi connectivity index (χ2n) is 5.67. The lowest BCUT2D eigenvalue weighted by molar-refractivity contribution is 0.0194. The number of rotatable bonds is 4. The summed E-state index contributed by atoms with van der Waals surface area (Å²) in [5, 5.41) is 0.337. The van der Waals surface area contributed by atoms with Crippen LogP contribution in [0.2, 0.25) is 0 Å². The highest BCUT2D eigenvalue weighted by Crippen LogP contribution is 2.42. The van der Waals surface area contributed by atoms with Crippen LogP contribution in [0.1, 0.15) is 47.0 Å². The second-order valence-corrected chi connectivity index (χ2v) is 6.23. The van der Waals surface area contributed by atoms with E-state index in [0.29, 0.717) is 11.3 Å². The van der Waals surface area contributed by atoms with E-state index in [1.54, 1.807) is 0 Å². The number of hydrogen-bond donors (Lipinski definition) is 0. The Hall–Kier alpha value is 0.250. The third-order valence-corrected chi connectivity index (χ3v) is 4.20. The van der Waals surface area contributed by atoms with Crippen molar-refractivity contribution in [3.8, 4) is 0 Å². The maximum Gasteiger partial charge on any atom is 0.0520 e. The van der Waals surface area contributed by atoms with Crippen LogP contribution in [0.3, 0.4) is 0 Å². The fourth-order valence-corrected chi connectivity index (χ4v) is 3.44. The standard InChI is InChI=1S/C13H25ClO/c1-5-15-9-13(3,4)11-7-6-10(2)8-12(11)14/h10-12H,5-9H2,1-4H3. The SMILES string of the molecule is CCOCC(C)(C)C1CCC(C)CC1Cl. The van der Waals surface area contributed by atoms with Gasteiger partial charge in [0, 0.05) is 12.0 Å². The third-order valence-electron chi connectivity index (χ3n) is 3.72. The van der Waals surface area contributed by atoms with Crippen molar-refractivity contribution >= 4 is 11.6 Å². The average molecular weight is 233 g/mol. The summed E-state index contributed by atoms with van der Waals surface area (Å²) in [7, 11) is 0. The first-order valence-corrected chi connectivity index (χ1v) is 6.63. The molecular formula is C13H25ClO. The molecule has 0 N–H and O–H groups in total. The molecule has 0 aromatic heterocycles. The smallest absolute Gasteiger partial charge is 0.0520 e. The van der Waals surface area contributed by atoms with Crippen molar-refractivity contribution in [1.82, 2.24) is 0 Å². The van der Waals surface area contributed by atoms with Gasteiger partial charge >= 0.3 is 0 Å². The Morgan fingerprint density at radius 3 is 2.53 bits per heavy atom. The molecule has 0 aromatic carbocycles. The molecule has 0 aliphatic heterocycles. The molecule has 1 nitrogen and oxygen atoms in total. The largest absolute Gasteiger partial charge is 0.381 e. The van der Waals surface area contributed by atoms with Crippen molar-refractivity contribution in [1.29, 1.82) is 0 Å². The minimum absolute atomic E-state index is 0.225. The quantitative estimate of drug-likeness (QED) is 0.664. The Balaban J connectivity index is 2.53. The van der Waals surface area contributed by atoms with Gasteiger partial charge in [-0.25, -0.2) is 0 Å². The molecular weight excluding hydrogens is 208 g/mol. The zero-order chi connectivity index (χ0) is 11.5. The Morgan fingerprint density at radius 2 is 2.00 bits per heavy atom. The number of hydrogen-bond acceptors (Lipinski definition) is 1. The summed E-state index contributed by atoms with van der Waals surface area (Å²) in [5.41, 5.74) is 0.225. The topological polar surface area (TPSA) is 9.23 Å². The van der Waals surface area contributed by atoms with Crippen molar-refractivity contribution in [3.63, 3.8) is 0 Å². The van der Waals surface area contributed by atoms with E-state index in [4.69, 9.17) is 16.3 Å². The van der Waals surface area contributed by atoms with Gasteiger partial charge in [-0.3, -0.25) is 0 Å². The van der Waals surface area contributed by atoms with E-state index in [2.05, 4.69) is 27.7 Å². The number of alkyl halides is 1. The molecule has 0 aromatic rings. The third kappa shape index (κ3) is 3.64. The van der Waals surface area contributed by atoms with Gasteiger partial charge in [-0.1, -0.05) is 27.2 Å². The predicted molar refractivity (Wildman–Crippen MR) is 66.4 cm³/mol. The maximum atomic E-state index is 6.49. The Kier molecular flexibility index (Phi) is 4.92. The van der Waals surface area contributed by atoms with E-state index in [9.17, 15) is 0 Å². The molecule has 3 atom stereocenters. The lowest BCUT2D eigenvalue weighted by Crippen LogP contribution is -2.38. The molecule has 0 amide bonds. The van der Waals surface area contributed by atoms with Gasteiger partial charge in [-0.2, -0.15) is 0 Å². The van der Waals surface area contributed by atoms with Gasteiger partial charge in [0.15, 0.2) is 0 Å². The number of ether oxygens (including phenoxy) is 1.